The Morgan fingerprint density at radius 2 is 2.05 bits per heavy atom. The van der Waals surface area contributed by atoms with Crippen molar-refractivity contribution in [2.45, 2.75) is 19.0 Å². The van der Waals surface area contributed by atoms with Crippen molar-refractivity contribution in [2.75, 3.05) is 18.0 Å². The van der Waals surface area contributed by atoms with Gasteiger partial charge in [0.15, 0.2) is 5.58 Å². The van der Waals surface area contributed by atoms with E-state index < -0.39 is 12.1 Å². The molecule has 1 atom stereocenters. The molecule has 1 aliphatic rings. The van der Waals surface area contributed by atoms with Crippen LogP contribution in [0.3, 0.4) is 0 Å². The number of aromatic nitrogens is 1. The van der Waals surface area contributed by atoms with Crippen LogP contribution in [0.25, 0.3) is 11.1 Å². The van der Waals surface area contributed by atoms with E-state index in [1.165, 1.54) is 0 Å². The minimum atomic E-state index is -4.15. The monoisotopic (exact) mass is 270 g/mol. The second-order valence-electron chi connectivity index (χ2n) is 4.79. The van der Waals surface area contributed by atoms with Gasteiger partial charge in [-0.2, -0.15) is 18.2 Å². The predicted octanol–water partition coefficient (Wildman–Crippen LogP) is 3.61. The average molecular weight is 270 g/mol. The molecule has 1 fully saturated rings. The first-order valence-corrected chi connectivity index (χ1v) is 6.21. The summed E-state index contributed by atoms with van der Waals surface area (Å²) >= 11 is 0. The van der Waals surface area contributed by atoms with Crippen LogP contribution in [-0.2, 0) is 0 Å². The van der Waals surface area contributed by atoms with Crippen molar-refractivity contribution in [2.24, 2.45) is 5.92 Å². The summed E-state index contributed by atoms with van der Waals surface area (Å²) in [5.74, 6) is -1.30. The van der Waals surface area contributed by atoms with Crippen LogP contribution in [0.5, 0.6) is 0 Å². The zero-order valence-electron chi connectivity index (χ0n) is 10.2. The van der Waals surface area contributed by atoms with Crippen LogP contribution < -0.4 is 4.90 Å². The van der Waals surface area contributed by atoms with E-state index in [0.29, 0.717) is 24.1 Å². The van der Waals surface area contributed by atoms with Gasteiger partial charge in [-0.3, -0.25) is 0 Å². The lowest BCUT2D eigenvalue weighted by Crippen LogP contribution is -2.41. The number of benzene rings is 1. The predicted molar refractivity (Wildman–Crippen MR) is 65.0 cm³/mol. The molecule has 0 aliphatic carbocycles. The Morgan fingerprint density at radius 1 is 1.26 bits per heavy atom. The molecule has 0 N–H and O–H groups in total. The molecule has 102 valence electrons. The summed E-state index contributed by atoms with van der Waals surface area (Å²) in [7, 11) is 0. The summed E-state index contributed by atoms with van der Waals surface area (Å²) in [6, 6.07) is 7.47. The first-order valence-electron chi connectivity index (χ1n) is 6.21. The standard InChI is InChI=1S/C13H13F3N2O/c14-13(15,16)9-4-3-7-18(8-9)12-17-10-5-1-2-6-11(10)19-12/h1-2,5-6,9H,3-4,7-8H2/t9-/m1/s1. The fraction of sp³-hybridized carbons (Fsp3) is 0.462. The molecule has 19 heavy (non-hydrogen) atoms. The molecule has 1 aromatic carbocycles. The maximum atomic E-state index is 12.8. The summed E-state index contributed by atoms with van der Waals surface area (Å²) in [4.78, 5) is 5.83. The number of alkyl halides is 3. The molecule has 0 radical (unpaired) electrons. The van der Waals surface area contributed by atoms with Crippen molar-refractivity contribution < 1.29 is 17.6 Å². The maximum Gasteiger partial charge on any atom is 0.393 e. The van der Waals surface area contributed by atoms with Crippen LogP contribution in [0.15, 0.2) is 28.7 Å². The van der Waals surface area contributed by atoms with Crippen molar-refractivity contribution in [3.8, 4) is 0 Å². The van der Waals surface area contributed by atoms with Gasteiger partial charge >= 0.3 is 6.18 Å². The van der Waals surface area contributed by atoms with Crippen LogP contribution >= 0.6 is 0 Å². The second-order valence-corrected chi connectivity index (χ2v) is 4.79. The smallest absolute Gasteiger partial charge is 0.393 e. The van der Waals surface area contributed by atoms with Crippen molar-refractivity contribution in [1.29, 1.82) is 0 Å². The van der Waals surface area contributed by atoms with Crippen molar-refractivity contribution in [3.63, 3.8) is 0 Å². The number of piperidine rings is 1. The summed E-state index contributed by atoms with van der Waals surface area (Å²) in [5, 5.41) is 0. The molecule has 0 amide bonds. The van der Waals surface area contributed by atoms with Crippen LogP contribution in [0.4, 0.5) is 19.2 Å². The Kier molecular flexibility index (Phi) is 2.88. The maximum absolute atomic E-state index is 12.8. The lowest BCUT2D eigenvalue weighted by Gasteiger charge is -2.32. The van der Waals surface area contributed by atoms with E-state index in [4.69, 9.17) is 4.42 Å². The van der Waals surface area contributed by atoms with Crippen molar-refractivity contribution >= 4 is 17.1 Å². The third-order valence-electron chi connectivity index (χ3n) is 3.44. The van der Waals surface area contributed by atoms with E-state index in [1.54, 1.807) is 17.0 Å². The van der Waals surface area contributed by atoms with Gasteiger partial charge in [0.05, 0.1) is 5.92 Å². The molecule has 6 heteroatoms. The molecule has 2 aromatic rings. The third kappa shape index (κ3) is 2.39. The lowest BCUT2D eigenvalue weighted by molar-refractivity contribution is -0.176. The first kappa shape index (κ1) is 12.3. The Hall–Kier alpha value is -1.72. The van der Waals surface area contributed by atoms with Gasteiger partial charge in [0.25, 0.3) is 6.01 Å². The fourth-order valence-corrected chi connectivity index (χ4v) is 2.41. The number of oxazole rings is 1. The van der Waals surface area contributed by atoms with Crippen LogP contribution in [-0.4, -0.2) is 24.2 Å². The highest BCUT2D eigenvalue weighted by molar-refractivity contribution is 5.74. The largest absolute Gasteiger partial charge is 0.423 e. The summed E-state index contributed by atoms with van der Waals surface area (Å²) in [6.45, 7) is 0.482. The zero-order chi connectivity index (χ0) is 13.5. The van der Waals surface area contributed by atoms with E-state index in [0.717, 1.165) is 0 Å². The summed E-state index contributed by atoms with van der Waals surface area (Å²) in [5.41, 5.74) is 1.28. The molecular formula is C13H13F3N2O. The number of anilines is 1. The van der Waals surface area contributed by atoms with E-state index in [9.17, 15) is 13.2 Å². The molecular weight excluding hydrogens is 257 g/mol. The van der Waals surface area contributed by atoms with E-state index in [1.807, 2.05) is 12.1 Å². The van der Waals surface area contributed by atoms with Crippen LogP contribution in [0.1, 0.15) is 12.8 Å². The fourth-order valence-electron chi connectivity index (χ4n) is 2.41. The highest BCUT2D eigenvalue weighted by atomic mass is 19.4. The van der Waals surface area contributed by atoms with Gasteiger partial charge in [0, 0.05) is 13.1 Å². The van der Waals surface area contributed by atoms with E-state index in [-0.39, 0.29) is 19.0 Å². The molecule has 0 unspecified atom stereocenters. The number of halogens is 3. The molecule has 3 rings (SSSR count). The molecule has 0 bridgehead atoms. The van der Waals surface area contributed by atoms with Crippen LogP contribution in [0, 0.1) is 5.92 Å². The van der Waals surface area contributed by atoms with Gasteiger partial charge in [-0.05, 0) is 25.0 Å². The van der Waals surface area contributed by atoms with Crippen LogP contribution in [0.2, 0.25) is 0 Å². The van der Waals surface area contributed by atoms with Gasteiger partial charge < -0.3 is 9.32 Å². The first-order chi connectivity index (χ1) is 9.04. The minimum absolute atomic E-state index is 0.0731. The number of fused-ring (bicyclic) bond motifs is 1. The Bertz CT molecular complexity index is 546. The van der Waals surface area contributed by atoms with Crippen molar-refractivity contribution in [1.82, 2.24) is 4.98 Å². The lowest BCUT2D eigenvalue weighted by atomic mass is 9.98. The Morgan fingerprint density at radius 3 is 2.79 bits per heavy atom. The Balaban J connectivity index is 1.85. The molecule has 0 spiro atoms. The molecule has 2 heterocycles. The molecule has 3 nitrogen and oxygen atoms in total. The minimum Gasteiger partial charge on any atom is -0.423 e. The van der Waals surface area contributed by atoms with Gasteiger partial charge in [-0.15, -0.1) is 0 Å². The highest BCUT2D eigenvalue weighted by Gasteiger charge is 2.42. The number of nitrogens with zero attached hydrogens (tertiary/aromatic N) is 2. The van der Waals surface area contributed by atoms with Gasteiger partial charge in [-0.1, -0.05) is 12.1 Å². The number of para-hydroxylation sites is 2. The molecule has 1 aliphatic heterocycles. The van der Waals surface area contributed by atoms with E-state index >= 15 is 0 Å². The topological polar surface area (TPSA) is 29.3 Å². The van der Waals surface area contributed by atoms with Gasteiger partial charge in [-0.25, -0.2) is 0 Å². The number of hydrogen-bond donors (Lipinski definition) is 0. The molecule has 1 aromatic heterocycles. The normalized spacial score (nSPS) is 21.0. The van der Waals surface area contributed by atoms with Gasteiger partial charge in [0.2, 0.25) is 0 Å². The SMILES string of the molecule is FC(F)(F)[C@@H]1CCCN(c2nc3ccccc3o2)C1. The molecule has 1 saturated heterocycles. The van der Waals surface area contributed by atoms with Gasteiger partial charge in [0.1, 0.15) is 5.52 Å². The average Bonchev–Trinajstić information content (AvgIpc) is 2.81. The third-order valence-corrected chi connectivity index (χ3v) is 3.44. The number of hydrogen-bond acceptors (Lipinski definition) is 3. The van der Waals surface area contributed by atoms with E-state index in [2.05, 4.69) is 4.98 Å². The quantitative estimate of drug-likeness (QED) is 0.792. The highest BCUT2D eigenvalue weighted by Crippen LogP contribution is 2.35. The zero-order valence-corrected chi connectivity index (χ0v) is 10.2. The Labute approximate surface area is 108 Å². The summed E-state index contributed by atoms with van der Waals surface area (Å²) < 4.78 is 43.8. The van der Waals surface area contributed by atoms with Crippen molar-refractivity contribution in [3.05, 3.63) is 24.3 Å². The molecule has 0 saturated carbocycles. The second kappa shape index (κ2) is 4.43. The number of rotatable bonds is 1. The summed E-state index contributed by atoms with van der Waals surface area (Å²) in [6.07, 6.45) is -3.46.